The van der Waals surface area contributed by atoms with Crippen LogP contribution in [0.2, 0.25) is 0 Å². The van der Waals surface area contributed by atoms with Crippen LogP contribution in [-0.2, 0) is 9.84 Å². The third kappa shape index (κ3) is 2.14. The first-order valence-electron chi connectivity index (χ1n) is 4.72. The molecule has 0 bridgehead atoms. The molecule has 1 aromatic carbocycles. The van der Waals surface area contributed by atoms with Gasteiger partial charge in [0.15, 0.2) is 14.8 Å². The minimum atomic E-state index is -3.29. The summed E-state index contributed by atoms with van der Waals surface area (Å²) in [6.07, 6.45) is 0. The van der Waals surface area contributed by atoms with Crippen LogP contribution >= 0.6 is 0 Å². The van der Waals surface area contributed by atoms with Gasteiger partial charge in [-0.15, -0.1) is 0 Å². The van der Waals surface area contributed by atoms with Crippen LogP contribution in [0, 0.1) is 12.3 Å². The molecule has 0 aliphatic rings. The van der Waals surface area contributed by atoms with Gasteiger partial charge in [-0.05, 0) is 12.5 Å². The molecule has 0 unspecified atom stereocenters. The molecule has 0 aliphatic heterocycles. The number of nitrogens with zero attached hydrogens (tertiary/aromatic N) is 2. The molecule has 0 atom stereocenters. The minimum absolute atomic E-state index is 0.0204. The second-order valence-corrected chi connectivity index (χ2v) is 5.54. The Morgan fingerprint density at radius 2 is 2.06 bits per heavy atom. The fourth-order valence-corrected chi connectivity index (χ4v) is 2.53. The quantitative estimate of drug-likeness (QED) is 0.761. The second kappa shape index (κ2) is 4.49. The van der Waals surface area contributed by atoms with Crippen molar-refractivity contribution >= 4 is 15.5 Å². The summed E-state index contributed by atoms with van der Waals surface area (Å²) < 4.78 is 28.4. The summed E-state index contributed by atoms with van der Waals surface area (Å²) in [6, 6.07) is 2.85. The van der Waals surface area contributed by atoms with Gasteiger partial charge in [0.25, 0.3) is 0 Å². The maximum absolute atomic E-state index is 11.7. The van der Waals surface area contributed by atoms with Crippen molar-refractivity contribution < 1.29 is 13.2 Å². The number of methoxy groups -OCH3 is 1. The van der Waals surface area contributed by atoms with E-state index in [0.29, 0.717) is 5.56 Å². The van der Waals surface area contributed by atoms with Crippen LogP contribution in [-0.4, -0.2) is 21.3 Å². The van der Waals surface area contributed by atoms with Gasteiger partial charge in [-0.1, -0.05) is 6.92 Å². The molecule has 16 heavy (non-hydrogen) atoms. The molecule has 0 saturated carbocycles. The summed E-state index contributed by atoms with van der Waals surface area (Å²) in [5, 5.41) is 8.72. The highest BCUT2D eigenvalue weighted by atomic mass is 32.2. The fourth-order valence-electron chi connectivity index (χ4n) is 1.39. The lowest BCUT2D eigenvalue weighted by atomic mass is 10.2. The van der Waals surface area contributed by atoms with E-state index in [9.17, 15) is 8.42 Å². The van der Waals surface area contributed by atoms with Gasteiger partial charge in [-0.2, -0.15) is 0 Å². The van der Waals surface area contributed by atoms with E-state index in [4.69, 9.17) is 10.1 Å². The third-order valence-electron chi connectivity index (χ3n) is 2.30. The van der Waals surface area contributed by atoms with Crippen molar-refractivity contribution in [2.24, 2.45) is 0 Å². The Balaban J connectivity index is 3.52. The van der Waals surface area contributed by atoms with Gasteiger partial charge in [0, 0.05) is 12.1 Å². The monoisotopic (exact) mass is 241 g/mol. The van der Waals surface area contributed by atoms with Gasteiger partial charge in [0.2, 0.25) is 11.1 Å². The van der Waals surface area contributed by atoms with E-state index in [1.165, 1.54) is 19.2 Å². The van der Waals surface area contributed by atoms with Crippen LogP contribution in [0.5, 0.6) is 5.75 Å². The predicted octanol–water partition coefficient (Wildman–Crippen LogP) is 2.28. The summed E-state index contributed by atoms with van der Waals surface area (Å²) >= 11 is 0. The third-order valence-corrected chi connectivity index (χ3v) is 4.17. The van der Waals surface area contributed by atoms with Crippen LogP contribution in [0.4, 0.5) is 5.69 Å². The van der Waals surface area contributed by atoms with Gasteiger partial charge in [-0.25, -0.2) is 8.42 Å². The van der Waals surface area contributed by atoms with Crippen molar-refractivity contribution in [2.75, 3.05) is 12.9 Å². The molecule has 6 heteroatoms. The number of hydrogen-bond donors (Lipinski definition) is 0. The number of ether oxygens (including phenoxy) is 1. The smallest absolute Gasteiger partial charge is 0.426 e. The Kier molecular flexibility index (Phi) is 3.50. The van der Waals surface area contributed by atoms with Crippen molar-refractivity contribution in [3.63, 3.8) is 0 Å². The molecule has 0 radical (unpaired) electrons. The lowest BCUT2D eigenvalue weighted by Gasteiger charge is -2.06. The van der Waals surface area contributed by atoms with E-state index in [2.05, 4.69) is 4.98 Å². The van der Waals surface area contributed by atoms with Gasteiger partial charge in [0.05, 0.1) is 17.8 Å². The molecule has 0 aliphatic carbocycles. The van der Waals surface area contributed by atoms with Gasteiger partial charge in [-0.3, -0.25) is 0 Å². The SMILES string of the molecule is CCS(=O)(=O)c1cc(OC)c([N+]#N)cc1C. The number of aryl methyl sites for hydroxylation is 1. The van der Waals surface area contributed by atoms with E-state index < -0.39 is 9.84 Å². The maximum atomic E-state index is 11.7. The Bertz CT molecular complexity index is 544. The van der Waals surface area contributed by atoms with Crippen LogP contribution in [0.3, 0.4) is 0 Å². The highest BCUT2D eigenvalue weighted by Crippen LogP contribution is 2.33. The maximum Gasteiger partial charge on any atom is 0.426 e. The molecule has 0 fully saturated rings. The summed E-state index contributed by atoms with van der Waals surface area (Å²) in [6.45, 7) is 3.22. The average molecular weight is 241 g/mol. The lowest BCUT2D eigenvalue weighted by Crippen LogP contribution is -2.06. The van der Waals surface area contributed by atoms with Gasteiger partial charge >= 0.3 is 5.69 Å². The Hall–Kier alpha value is -1.61. The lowest BCUT2D eigenvalue weighted by molar-refractivity contribution is 0.416. The predicted molar refractivity (Wildman–Crippen MR) is 60.2 cm³/mol. The summed E-state index contributed by atoms with van der Waals surface area (Å²) in [5.41, 5.74) is 0.755. The number of benzene rings is 1. The van der Waals surface area contributed by atoms with Crippen molar-refractivity contribution in [2.45, 2.75) is 18.7 Å². The first-order chi connectivity index (χ1) is 7.46. The standard InChI is InChI=1S/C10H13N2O3S/c1-4-16(13,14)10-6-9(15-3)8(12-11)5-7(10)2/h5-6H,4H2,1-3H3/q+1. The van der Waals surface area contributed by atoms with E-state index in [0.717, 1.165) is 0 Å². The fraction of sp³-hybridized carbons (Fsp3) is 0.400. The molecule has 86 valence electrons. The van der Waals surface area contributed by atoms with E-state index in [1.54, 1.807) is 13.8 Å². The van der Waals surface area contributed by atoms with Gasteiger partial charge < -0.3 is 4.74 Å². The van der Waals surface area contributed by atoms with E-state index >= 15 is 0 Å². The summed E-state index contributed by atoms with van der Waals surface area (Å²) in [5.74, 6) is 0.257. The molecule has 1 aromatic rings. The largest absolute Gasteiger partial charge is 0.489 e. The highest BCUT2D eigenvalue weighted by Gasteiger charge is 2.23. The molecule has 0 N–H and O–H groups in total. The molecule has 0 heterocycles. The van der Waals surface area contributed by atoms with Crippen molar-refractivity contribution in [3.8, 4) is 5.75 Å². The average Bonchev–Trinajstić information content (AvgIpc) is 2.28. The van der Waals surface area contributed by atoms with Crippen molar-refractivity contribution in [3.05, 3.63) is 22.7 Å². The van der Waals surface area contributed by atoms with Crippen LogP contribution in [0.1, 0.15) is 12.5 Å². The minimum Gasteiger partial charge on any atom is -0.489 e. The zero-order valence-electron chi connectivity index (χ0n) is 9.39. The van der Waals surface area contributed by atoms with Crippen LogP contribution < -0.4 is 4.74 Å². The molecular formula is C10H13N2O3S+. The molecule has 1 rings (SSSR count). The first-order valence-corrected chi connectivity index (χ1v) is 6.38. The van der Waals surface area contributed by atoms with Crippen LogP contribution in [0.15, 0.2) is 17.0 Å². The highest BCUT2D eigenvalue weighted by molar-refractivity contribution is 7.91. The first kappa shape index (κ1) is 12.5. The molecule has 0 aromatic heterocycles. The van der Waals surface area contributed by atoms with E-state index in [1.807, 2.05) is 0 Å². The van der Waals surface area contributed by atoms with E-state index in [-0.39, 0.29) is 22.1 Å². The molecule has 0 amide bonds. The van der Waals surface area contributed by atoms with Crippen LogP contribution in [0.25, 0.3) is 4.98 Å². The Morgan fingerprint density at radius 1 is 1.44 bits per heavy atom. The van der Waals surface area contributed by atoms with Crippen molar-refractivity contribution in [1.29, 1.82) is 5.39 Å². The molecule has 5 nitrogen and oxygen atoms in total. The second-order valence-electron chi connectivity index (χ2n) is 3.29. The zero-order valence-corrected chi connectivity index (χ0v) is 10.2. The Morgan fingerprint density at radius 3 is 2.50 bits per heavy atom. The van der Waals surface area contributed by atoms with Crippen molar-refractivity contribution in [1.82, 2.24) is 0 Å². The molecule has 0 spiro atoms. The normalized spacial score (nSPS) is 10.9. The number of diazo groups is 1. The molecular weight excluding hydrogens is 228 g/mol. The Labute approximate surface area is 94.6 Å². The summed E-state index contributed by atoms with van der Waals surface area (Å²) in [7, 11) is -1.90. The summed E-state index contributed by atoms with van der Waals surface area (Å²) in [4.78, 5) is 3.24. The number of rotatable bonds is 3. The zero-order chi connectivity index (χ0) is 12.3. The number of hydrogen-bond acceptors (Lipinski definition) is 4. The topological polar surface area (TPSA) is 71.5 Å². The van der Waals surface area contributed by atoms with Gasteiger partial charge in [0.1, 0.15) is 0 Å². The number of sulfone groups is 1. The molecule has 0 saturated heterocycles.